The number of hydrogen-bond acceptors (Lipinski definition) is 4. The molecule has 2 aromatic rings. The van der Waals surface area contributed by atoms with Gasteiger partial charge < -0.3 is 10.1 Å². The molecule has 0 amide bonds. The van der Waals surface area contributed by atoms with E-state index in [0.717, 1.165) is 15.4 Å². The van der Waals surface area contributed by atoms with Gasteiger partial charge in [-0.25, -0.2) is 4.39 Å². The summed E-state index contributed by atoms with van der Waals surface area (Å²) in [7, 11) is 1.38. The predicted octanol–water partition coefficient (Wildman–Crippen LogP) is 3.98. The van der Waals surface area contributed by atoms with Gasteiger partial charge in [-0.2, -0.15) is 0 Å². The zero-order chi connectivity index (χ0) is 14.5. The molecule has 2 rings (SSSR count). The van der Waals surface area contributed by atoms with Crippen LogP contribution in [0, 0.1) is 5.82 Å². The van der Waals surface area contributed by atoms with Gasteiger partial charge in [-0.3, -0.25) is 4.79 Å². The topological polar surface area (TPSA) is 38.3 Å². The fraction of sp³-hybridized carbons (Fsp3) is 0.214. The molecule has 1 heterocycles. The van der Waals surface area contributed by atoms with Crippen LogP contribution in [0.25, 0.3) is 0 Å². The second kappa shape index (κ2) is 6.85. The van der Waals surface area contributed by atoms with E-state index in [4.69, 9.17) is 0 Å². The Hall–Kier alpha value is -1.40. The lowest BCUT2D eigenvalue weighted by Gasteiger charge is -2.05. The number of anilines is 1. The zero-order valence-corrected chi connectivity index (χ0v) is 13.2. The molecule has 0 aliphatic rings. The van der Waals surface area contributed by atoms with Crippen molar-refractivity contribution in [2.24, 2.45) is 0 Å². The number of halogens is 2. The van der Waals surface area contributed by atoms with Gasteiger partial charge in [0.1, 0.15) is 5.82 Å². The maximum atomic E-state index is 13.1. The fourth-order valence-corrected chi connectivity index (χ4v) is 2.94. The molecule has 0 fully saturated rings. The molecule has 0 saturated carbocycles. The van der Waals surface area contributed by atoms with E-state index in [1.165, 1.54) is 13.2 Å². The summed E-state index contributed by atoms with van der Waals surface area (Å²) in [6.45, 7) is 0.629. The van der Waals surface area contributed by atoms with Crippen molar-refractivity contribution in [2.75, 3.05) is 12.4 Å². The Kier molecular flexibility index (Phi) is 5.14. The third-order valence-electron chi connectivity index (χ3n) is 2.65. The van der Waals surface area contributed by atoms with Crippen molar-refractivity contribution in [1.29, 1.82) is 0 Å². The van der Waals surface area contributed by atoms with E-state index in [1.807, 2.05) is 12.1 Å². The highest BCUT2D eigenvalue weighted by Crippen LogP contribution is 2.22. The summed E-state index contributed by atoms with van der Waals surface area (Å²) in [6.07, 6.45) is 0.295. The fourth-order valence-electron chi connectivity index (χ4n) is 1.62. The first-order chi connectivity index (χ1) is 9.58. The van der Waals surface area contributed by atoms with Gasteiger partial charge in [-0.1, -0.05) is 0 Å². The van der Waals surface area contributed by atoms with Gasteiger partial charge in [0, 0.05) is 22.0 Å². The molecule has 0 aliphatic heterocycles. The Morgan fingerprint density at radius 1 is 1.35 bits per heavy atom. The number of rotatable bonds is 5. The largest absolute Gasteiger partial charge is 0.469 e. The van der Waals surface area contributed by atoms with Crippen LogP contribution in [0.3, 0.4) is 0 Å². The van der Waals surface area contributed by atoms with Gasteiger partial charge in [-0.15, -0.1) is 11.3 Å². The van der Waals surface area contributed by atoms with Crippen LogP contribution in [0.2, 0.25) is 0 Å². The van der Waals surface area contributed by atoms with Crippen LogP contribution in [0.5, 0.6) is 0 Å². The van der Waals surface area contributed by atoms with Crippen molar-refractivity contribution in [3.05, 3.63) is 50.4 Å². The Labute approximate surface area is 128 Å². The second-order valence-electron chi connectivity index (χ2n) is 4.10. The van der Waals surface area contributed by atoms with Crippen LogP contribution in [0.4, 0.5) is 10.1 Å². The minimum absolute atomic E-state index is 0.242. The van der Waals surface area contributed by atoms with Gasteiger partial charge in [0.15, 0.2) is 0 Å². The van der Waals surface area contributed by atoms with Crippen molar-refractivity contribution in [3.63, 3.8) is 0 Å². The summed E-state index contributed by atoms with van der Waals surface area (Å²) in [5, 5.41) is 3.21. The van der Waals surface area contributed by atoms with E-state index in [2.05, 4.69) is 26.0 Å². The Bertz CT molecular complexity index is 615. The minimum Gasteiger partial charge on any atom is -0.469 e. The first-order valence-corrected chi connectivity index (χ1v) is 7.53. The number of esters is 1. The monoisotopic (exact) mass is 357 g/mol. The molecule has 3 nitrogen and oxygen atoms in total. The molecular formula is C14H13BrFNO2S. The van der Waals surface area contributed by atoms with Gasteiger partial charge in [0.2, 0.25) is 0 Å². The minimum atomic E-state index is -0.285. The Morgan fingerprint density at radius 2 is 2.10 bits per heavy atom. The summed E-state index contributed by atoms with van der Waals surface area (Å²) >= 11 is 4.70. The predicted molar refractivity (Wildman–Crippen MR) is 81.5 cm³/mol. The molecule has 0 aliphatic carbocycles. The standard InChI is InChI=1S/C14H13BrFNO2S/c1-19-14(18)7-10-3-4-11(20-10)8-17-9-2-5-13(16)12(15)6-9/h2-6,17H,7-8H2,1H3. The van der Waals surface area contributed by atoms with Crippen molar-refractivity contribution in [2.45, 2.75) is 13.0 Å². The van der Waals surface area contributed by atoms with E-state index < -0.39 is 0 Å². The quantitative estimate of drug-likeness (QED) is 0.822. The normalized spacial score (nSPS) is 10.3. The third kappa shape index (κ3) is 4.05. The highest BCUT2D eigenvalue weighted by molar-refractivity contribution is 9.10. The molecule has 0 spiro atoms. The van der Waals surface area contributed by atoms with Crippen molar-refractivity contribution >= 4 is 38.9 Å². The van der Waals surface area contributed by atoms with Gasteiger partial charge >= 0.3 is 5.97 Å². The SMILES string of the molecule is COC(=O)Cc1ccc(CNc2ccc(F)c(Br)c2)s1. The molecule has 6 heteroatoms. The van der Waals surface area contributed by atoms with E-state index >= 15 is 0 Å². The second-order valence-corrected chi connectivity index (χ2v) is 6.21. The number of thiophene rings is 1. The lowest BCUT2D eigenvalue weighted by molar-refractivity contribution is -0.139. The van der Waals surface area contributed by atoms with Crippen molar-refractivity contribution in [3.8, 4) is 0 Å². The van der Waals surface area contributed by atoms with Crippen LogP contribution in [-0.4, -0.2) is 13.1 Å². The van der Waals surface area contributed by atoms with Crippen LogP contribution >= 0.6 is 27.3 Å². The first kappa shape index (κ1) is 15.0. The zero-order valence-electron chi connectivity index (χ0n) is 10.8. The molecule has 20 heavy (non-hydrogen) atoms. The van der Waals surface area contributed by atoms with Gasteiger partial charge in [0.25, 0.3) is 0 Å². The average Bonchev–Trinajstić information content (AvgIpc) is 2.87. The molecule has 1 aromatic heterocycles. The number of methoxy groups -OCH3 is 1. The van der Waals surface area contributed by atoms with E-state index in [9.17, 15) is 9.18 Å². The molecule has 0 radical (unpaired) electrons. The smallest absolute Gasteiger partial charge is 0.310 e. The molecule has 0 atom stereocenters. The van der Waals surface area contributed by atoms with Crippen LogP contribution in [0.15, 0.2) is 34.8 Å². The van der Waals surface area contributed by atoms with E-state index in [1.54, 1.807) is 23.5 Å². The number of hydrogen-bond donors (Lipinski definition) is 1. The highest BCUT2D eigenvalue weighted by atomic mass is 79.9. The molecule has 106 valence electrons. The Morgan fingerprint density at radius 3 is 2.80 bits per heavy atom. The Balaban J connectivity index is 1.93. The maximum Gasteiger partial charge on any atom is 0.310 e. The van der Waals surface area contributed by atoms with Crippen molar-refractivity contribution in [1.82, 2.24) is 0 Å². The third-order valence-corrected chi connectivity index (χ3v) is 4.34. The number of carbonyl (C=O) groups excluding carboxylic acids is 1. The highest BCUT2D eigenvalue weighted by Gasteiger charge is 2.06. The number of carbonyl (C=O) groups is 1. The van der Waals surface area contributed by atoms with Crippen LogP contribution in [0.1, 0.15) is 9.75 Å². The lowest BCUT2D eigenvalue weighted by atomic mass is 10.3. The molecule has 0 bridgehead atoms. The lowest BCUT2D eigenvalue weighted by Crippen LogP contribution is -2.02. The molecule has 1 N–H and O–H groups in total. The van der Waals surface area contributed by atoms with E-state index in [0.29, 0.717) is 17.4 Å². The van der Waals surface area contributed by atoms with E-state index in [-0.39, 0.29) is 11.8 Å². The van der Waals surface area contributed by atoms with Crippen LogP contribution in [-0.2, 0) is 22.5 Å². The summed E-state index contributed by atoms with van der Waals surface area (Å²) in [6, 6.07) is 8.67. The molecule has 0 saturated heterocycles. The summed E-state index contributed by atoms with van der Waals surface area (Å²) < 4.78 is 18.2. The van der Waals surface area contributed by atoms with Crippen molar-refractivity contribution < 1.29 is 13.9 Å². The average molecular weight is 358 g/mol. The molecule has 0 unspecified atom stereocenters. The maximum absolute atomic E-state index is 13.1. The number of nitrogens with one attached hydrogen (secondary N) is 1. The molecular weight excluding hydrogens is 345 g/mol. The number of ether oxygens (including phenoxy) is 1. The first-order valence-electron chi connectivity index (χ1n) is 5.92. The van der Waals surface area contributed by atoms with Gasteiger partial charge in [-0.05, 0) is 46.3 Å². The summed E-state index contributed by atoms with van der Waals surface area (Å²) in [4.78, 5) is 13.2. The summed E-state index contributed by atoms with van der Waals surface area (Å²) in [5.74, 6) is -0.527. The van der Waals surface area contributed by atoms with Crippen LogP contribution < -0.4 is 5.32 Å². The number of benzene rings is 1. The summed E-state index contributed by atoms with van der Waals surface area (Å²) in [5.41, 5.74) is 0.834. The molecule has 1 aromatic carbocycles. The van der Waals surface area contributed by atoms with Gasteiger partial charge in [0.05, 0.1) is 18.0 Å².